The number of rotatable bonds is 0. The maximum Gasteiger partial charge on any atom is 0.298 e. The SMILES string of the molecule is CCC#CC(=O)N1CCN(C(C)(C)C)CC1. The zero-order valence-electron chi connectivity index (χ0n) is 10.8. The van der Waals surface area contributed by atoms with Gasteiger partial charge in [0.15, 0.2) is 0 Å². The Kier molecular flexibility index (Phi) is 4.37. The second-order valence-corrected chi connectivity index (χ2v) is 5.11. The molecule has 0 unspecified atom stereocenters. The number of carbonyl (C=O) groups is 1. The molecule has 1 aliphatic rings. The first-order valence-electron chi connectivity index (χ1n) is 5.98. The Bertz CT molecular complexity index is 298. The highest BCUT2D eigenvalue weighted by Crippen LogP contribution is 2.15. The summed E-state index contributed by atoms with van der Waals surface area (Å²) in [6.45, 7) is 12.1. The predicted octanol–water partition coefficient (Wildman–Crippen LogP) is 1.34. The molecule has 0 saturated carbocycles. The molecule has 1 amide bonds. The van der Waals surface area contributed by atoms with Crippen LogP contribution in [-0.4, -0.2) is 47.4 Å². The number of amides is 1. The Labute approximate surface area is 98.8 Å². The molecule has 16 heavy (non-hydrogen) atoms. The summed E-state index contributed by atoms with van der Waals surface area (Å²) in [6.07, 6.45) is 0.744. The van der Waals surface area contributed by atoms with Crippen molar-refractivity contribution in [1.29, 1.82) is 0 Å². The molecule has 3 heteroatoms. The molecule has 0 N–H and O–H groups in total. The third-order valence-electron chi connectivity index (χ3n) is 2.89. The molecule has 0 spiro atoms. The number of hydrogen-bond donors (Lipinski definition) is 0. The van der Waals surface area contributed by atoms with E-state index in [2.05, 4.69) is 37.5 Å². The van der Waals surface area contributed by atoms with Gasteiger partial charge in [0.1, 0.15) is 0 Å². The molecule has 0 aromatic carbocycles. The van der Waals surface area contributed by atoms with Crippen LogP contribution in [0.1, 0.15) is 34.1 Å². The van der Waals surface area contributed by atoms with Gasteiger partial charge < -0.3 is 4.90 Å². The van der Waals surface area contributed by atoms with Gasteiger partial charge in [0.2, 0.25) is 0 Å². The second-order valence-electron chi connectivity index (χ2n) is 5.11. The maximum absolute atomic E-state index is 11.6. The molecular formula is C13H22N2O. The Morgan fingerprint density at radius 3 is 2.19 bits per heavy atom. The van der Waals surface area contributed by atoms with Gasteiger partial charge in [-0.1, -0.05) is 12.8 Å². The van der Waals surface area contributed by atoms with Crippen LogP contribution in [-0.2, 0) is 4.79 Å². The smallest absolute Gasteiger partial charge is 0.298 e. The Hall–Kier alpha value is -1.01. The number of nitrogens with zero attached hydrogens (tertiary/aromatic N) is 2. The highest BCUT2D eigenvalue weighted by atomic mass is 16.2. The molecule has 0 radical (unpaired) electrons. The van der Waals surface area contributed by atoms with Gasteiger partial charge in [-0.2, -0.15) is 0 Å². The zero-order valence-corrected chi connectivity index (χ0v) is 10.8. The van der Waals surface area contributed by atoms with Crippen molar-refractivity contribution in [2.75, 3.05) is 26.2 Å². The summed E-state index contributed by atoms with van der Waals surface area (Å²) in [7, 11) is 0. The van der Waals surface area contributed by atoms with Gasteiger partial charge in [0, 0.05) is 38.1 Å². The molecule has 0 bridgehead atoms. The van der Waals surface area contributed by atoms with Crippen LogP contribution in [0.2, 0.25) is 0 Å². The van der Waals surface area contributed by atoms with E-state index >= 15 is 0 Å². The topological polar surface area (TPSA) is 23.6 Å². The molecule has 0 aromatic heterocycles. The maximum atomic E-state index is 11.6. The van der Waals surface area contributed by atoms with Crippen LogP contribution in [0.15, 0.2) is 0 Å². The lowest BCUT2D eigenvalue weighted by molar-refractivity contribution is -0.127. The lowest BCUT2D eigenvalue weighted by Crippen LogP contribution is -2.54. The fourth-order valence-electron chi connectivity index (χ4n) is 1.82. The van der Waals surface area contributed by atoms with E-state index in [1.807, 2.05) is 11.8 Å². The third-order valence-corrected chi connectivity index (χ3v) is 2.89. The minimum atomic E-state index is -0.0181. The van der Waals surface area contributed by atoms with Crippen LogP contribution in [0.25, 0.3) is 0 Å². The zero-order chi connectivity index (χ0) is 12.2. The highest BCUT2D eigenvalue weighted by Gasteiger charge is 2.27. The van der Waals surface area contributed by atoms with E-state index in [0.29, 0.717) is 0 Å². The van der Waals surface area contributed by atoms with E-state index in [1.165, 1.54) is 0 Å². The molecule has 1 rings (SSSR count). The van der Waals surface area contributed by atoms with Gasteiger partial charge in [-0.15, -0.1) is 0 Å². The summed E-state index contributed by atoms with van der Waals surface area (Å²) in [4.78, 5) is 15.9. The van der Waals surface area contributed by atoms with Crippen LogP contribution in [0, 0.1) is 11.8 Å². The van der Waals surface area contributed by atoms with Crippen molar-refractivity contribution >= 4 is 5.91 Å². The van der Waals surface area contributed by atoms with Gasteiger partial charge >= 0.3 is 0 Å². The summed E-state index contributed by atoms with van der Waals surface area (Å²) >= 11 is 0. The lowest BCUT2D eigenvalue weighted by atomic mass is 10.1. The van der Waals surface area contributed by atoms with Crippen molar-refractivity contribution in [2.24, 2.45) is 0 Å². The molecule has 1 aliphatic heterocycles. The van der Waals surface area contributed by atoms with Crippen LogP contribution < -0.4 is 0 Å². The summed E-state index contributed by atoms with van der Waals surface area (Å²) in [5, 5.41) is 0. The van der Waals surface area contributed by atoms with E-state index in [9.17, 15) is 4.79 Å². The van der Waals surface area contributed by atoms with Gasteiger partial charge in [-0.3, -0.25) is 9.69 Å². The first kappa shape index (κ1) is 13.1. The van der Waals surface area contributed by atoms with Crippen LogP contribution in [0.4, 0.5) is 0 Å². The van der Waals surface area contributed by atoms with E-state index in [0.717, 1.165) is 32.6 Å². The van der Waals surface area contributed by atoms with Crippen LogP contribution in [0.5, 0.6) is 0 Å². The van der Waals surface area contributed by atoms with Gasteiger partial charge in [0.05, 0.1) is 0 Å². The quantitative estimate of drug-likeness (QED) is 0.578. The number of hydrogen-bond acceptors (Lipinski definition) is 2. The van der Waals surface area contributed by atoms with Gasteiger partial charge in [0.25, 0.3) is 5.91 Å². The average molecular weight is 222 g/mol. The largest absolute Gasteiger partial charge is 0.329 e. The first-order valence-corrected chi connectivity index (χ1v) is 5.98. The molecule has 3 nitrogen and oxygen atoms in total. The molecule has 1 saturated heterocycles. The van der Waals surface area contributed by atoms with Crippen molar-refractivity contribution in [1.82, 2.24) is 9.80 Å². The number of carbonyl (C=O) groups excluding carboxylic acids is 1. The second kappa shape index (κ2) is 5.36. The fraction of sp³-hybridized carbons (Fsp3) is 0.769. The van der Waals surface area contributed by atoms with Crippen LogP contribution in [0.3, 0.4) is 0 Å². The fourth-order valence-corrected chi connectivity index (χ4v) is 1.82. The molecular weight excluding hydrogens is 200 g/mol. The minimum absolute atomic E-state index is 0.0181. The highest BCUT2D eigenvalue weighted by molar-refractivity contribution is 5.93. The predicted molar refractivity (Wildman–Crippen MR) is 66.0 cm³/mol. The van der Waals surface area contributed by atoms with Crippen molar-refractivity contribution in [3.05, 3.63) is 0 Å². The lowest BCUT2D eigenvalue weighted by Gasteiger charge is -2.41. The first-order chi connectivity index (χ1) is 7.45. The number of piperazine rings is 1. The van der Waals surface area contributed by atoms with Crippen molar-refractivity contribution in [2.45, 2.75) is 39.7 Å². The third kappa shape index (κ3) is 3.53. The normalized spacial score (nSPS) is 17.9. The molecule has 0 atom stereocenters. The van der Waals surface area contributed by atoms with Gasteiger partial charge in [-0.25, -0.2) is 0 Å². The van der Waals surface area contributed by atoms with E-state index in [-0.39, 0.29) is 11.4 Å². The van der Waals surface area contributed by atoms with E-state index < -0.39 is 0 Å². The van der Waals surface area contributed by atoms with Crippen molar-refractivity contribution in [3.63, 3.8) is 0 Å². The van der Waals surface area contributed by atoms with Crippen molar-refractivity contribution < 1.29 is 4.79 Å². The molecule has 1 fully saturated rings. The monoisotopic (exact) mass is 222 g/mol. The molecule has 0 aliphatic carbocycles. The summed E-state index contributed by atoms with van der Waals surface area (Å²) in [5.41, 5.74) is 0.199. The van der Waals surface area contributed by atoms with Crippen molar-refractivity contribution in [3.8, 4) is 11.8 Å². The molecule has 0 aromatic rings. The summed E-state index contributed by atoms with van der Waals surface area (Å²) < 4.78 is 0. The Morgan fingerprint density at radius 1 is 1.19 bits per heavy atom. The van der Waals surface area contributed by atoms with E-state index in [4.69, 9.17) is 0 Å². The molecule has 90 valence electrons. The standard InChI is InChI=1S/C13H22N2O/c1-5-6-7-12(16)14-8-10-15(11-9-14)13(2,3)4/h5,8-11H2,1-4H3. The minimum Gasteiger partial charge on any atom is -0.329 e. The summed E-state index contributed by atoms with van der Waals surface area (Å²) in [5.74, 6) is 5.49. The average Bonchev–Trinajstić information content (AvgIpc) is 2.25. The summed E-state index contributed by atoms with van der Waals surface area (Å²) in [6, 6.07) is 0. The van der Waals surface area contributed by atoms with Gasteiger partial charge in [-0.05, 0) is 26.7 Å². The Morgan fingerprint density at radius 2 is 1.75 bits per heavy atom. The molecule has 1 heterocycles. The van der Waals surface area contributed by atoms with E-state index in [1.54, 1.807) is 0 Å². The Balaban J connectivity index is 2.46. The van der Waals surface area contributed by atoms with Crippen LogP contribution >= 0.6 is 0 Å².